The molecule has 0 N–H and O–H groups in total. The van der Waals surface area contributed by atoms with E-state index in [1.54, 1.807) is 0 Å². The molecule has 3 aromatic carbocycles. The lowest BCUT2D eigenvalue weighted by Crippen LogP contribution is -1.99. The summed E-state index contributed by atoms with van der Waals surface area (Å²) < 4.78 is 0. The van der Waals surface area contributed by atoms with E-state index in [0.29, 0.717) is 5.92 Å². The van der Waals surface area contributed by atoms with Gasteiger partial charge < -0.3 is 0 Å². The number of hydrogen-bond donors (Lipinski definition) is 0. The van der Waals surface area contributed by atoms with Gasteiger partial charge in [0, 0.05) is 0 Å². The molecule has 0 amide bonds. The molecule has 0 bridgehead atoms. The molecule has 1 atom stereocenters. The number of rotatable bonds is 10. The molecule has 0 spiro atoms. The molecule has 0 saturated heterocycles. The first kappa shape index (κ1) is 30.3. The van der Waals surface area contributed by atoms with Crippen LogP contribution in [0.5, 0.6) is 0 Å². The average molecular weight is 501 g/mol. The van der Waals surface area contributed by atoms with Gasteiger partial charge >= 0.3 is 0 Å². The van der Waals surface area contributed by atoms with Crippen LogP contribution in [0, 0.1) is 12.8 Å². The van der Waals surface area contributed by atoms with Crippen molar-refractivity contribution in [3.8, 4) is 11.1 Å². The first-order valence-electron chi connectivity index (χ1n) is 13.6. The van der Waals surface area contributed by atoms with Gasteiger partial charge in [-0.2, -0.15) is 0 Å². The Bertz CT molecular complexity index is 1260. The van der Waals surface area contributed by atoms with Crippen LogP contribution in [0.15, 0.2) is 140 Å². The molecule has 196 valence electrons. The van der Waals surface area contributed by atoms with Gasteiger partial charge in [0.25, 0.3) is 0 Å². The Morgan fingerprint density at radius 3 is 1.84 bits per heavy atom. The molecule has 38 heavy (non-hydrogen) atoms. The highest BCUT2D eigenvalue weighted by Gasteiger charge is 2.11. The summed E-state index contributed by atoms with van der Waals surface area (Å²) in [5, 5.41) is 0. The summed E-state index contributed by atoms with van der Waals surface area (Å²) in [6.07, 6.45) is 12.4. The van der Waals surface area contributed by atoms with Crippen LogP contribution < -0.4 is 0 Å². The van der Waals surface area contributed by atoms with Crippen molar-refractivity contribution >= 4 is 11.1 Å². The van der Waals surface area contributed by atoms with E-state index >= 15 is 0 Å². The predicted molar refractivity (Wildman–Crippen MR) is 172 cm³/mol. The van der Waals surface area contributed by atoms with E-state index in [1.807, 2.05) is 25.2 Å². The van der Waals surface area contributed by atoms with Gasteiger partial charge in [0.2, 0.25) is 0 Å². The van der Waals surface area contributed by atoms with Crippen molar-refractivity contribution in [2.75, 3.05) is 0 Å². The fourth-order valence-electron chi connectivity index (χ4n) is 4.11. The highest BCUT2D eigenvalue weighted by molar-refractivity contribution is 5.72. The molecule has 0 aromatic heterocycles. The average Bonchev–Trinajstić information content (AvgIpc) is 2.95. The van der Waals surface area contributed by atoms with Crippen LogP contribution in [-0.2, 0) is 0 Å². The molecule has 0 aliphatic heterocycles. The normalized spacial score (nSPS) is 12.7. The smallest absolute Gasteiger partial charge is 0.0184 e. The first-order valence-corrected chi connectivity index (χ1v) is 13.6. The van der Waals surface area contributed by atoms with Gasteiger partial charge in [0.15, 0.2) is 0 Å². The largest absolute Gasteiger partial charge is 0.0990 e. The van der Waals surface area contributed by atoms with Crippen molar-refractivity contribution in [1.82, 2.24) is 0 Å². The monoisotopic (exact) mass is 500 g/mol. The third kappa shape index (κ3) is 9.20. The molecule has 0 fully saturated rings. The fraction of sp³-hybridized carbons (Fsp3) is 0.211. The predicted octanol–water partition coefficient (Wildman–Crippen LogP) is 11.4. The van der Waals surface area contributed by atoms with E-state index in [1.165, 1.54) is 39.0 Å². The van der Waals surface area contributed by atoms with Gasteiger partial charge in [-0.25, -0.2) is 0 Å². The maximum Gasteiger partial charge on any atom is -0.0184 e. The summed E-state index contributed by atoms with van der Waals surface area (Å²) in [5.41, 5.74) is 11.1. The molecular weight excluding hydrogens is 456 g/mol. The molecule has 0 heteroatoms. The second kappa shape index (κ2) is 16.0. The molecule has 0 saturated carbocycles. The van der Waals surface area contributed by atoms with Crippen LogP contribution >= 0.6 is 0 Å². The summed E-state index contributed by atoms with van der Waals surface area (Å²) in [7, 11) is 0. The maximum atomic E-state index is 3.94. The second-order valence-corrected chi connectivity index (χ2v) is 9.63. The first-order chi connectivity index (χ1) is 18.3. The molecule has 0 nitrogen and oxygen atoms in total. The second-order valence-electron chi connectivity index (χ2n) is 9.63. The van der Waals surface area contributed by atoms with Crippen LogP contribution in [0.2, 0.25) is 0 Å². The highest BCUT2D eigenvalue weighted by atomic mass is 14.2. The van der Waals surface area contributed by atoms with Gasteiger partial charge in [0.1, 0.15) is 0 Å². The van der Waals surface area contributed by atoms with Crippen LogP contribution in [-0.4, -0.2) is 0 Å². The van der Waals surface area contributed by atoms with Crippen LogP contribution in [0.3, 0.4) is 0 Å². The third-order valence-corrected chi connectivity index (χ3v) is 6.60. The summed E-state index contributed by atoms with van der Waals surface area (Å²) >= 11 is 0. The SMILES string of the molecule is C=C(C)c1ccc(-c2ccc(C)cc2)cc1.C=C/C=C(C=C)/C(=C\CC)/C=C(/c1ccccc1)C(C)CC. The zero-order valence-electron chi connectivity index (χ0n) is 24.0. The summed E-state index contributed by atoms with van der Waals surface area (Å²) in [6.45, 7) is 22.5. The van der Waals surface area contributed by atoms with Crippen molar-refractivity contribution in [3.63, 3.8) is 0 Å². The molecular formula is C38H44. The number of allylic oxidation sites excluding steroid dienone is 9. The Labute approximate surface area is 232 Å². The molecule has 3 aromatic rings. The van der Waals surface area contributed by atoms with Crippen molar-refractivity contribution in [1.29, 1.82) is 0 Å². The highest BCUT2D eigenvalue weighted by Crippen LogP contribution is 2.29. The summed E-state index contributed by atoms with van der Waals surface area (Å²) in [4.78, 5) is 0. The van der Waals surface area contributed by atoms with E-state index in [-0.39, 0.29) is 0 Å². The number of aryl methyl sites for hydroxylation is 1. The van der Waals surface area contributed by atoms with Crippen LogP contribution in [0.25, 0.3) is 22.3 Å². The molecule has 3 rings (SSSR count). The van der Waals surface area contributed by atoms with Gasteiger partial charge in [-0.15, -0.1) is 0 Å². The standard InChI is InChI=1S/C22H28.C16H16/c1-6-13-19(9-4)21(14-7-2)17-22(18(5)8-3)20-15-11-10-12-16-20;1-12(2)14-8-10-16(11-9-14)15-6-4-13(3)5-7-15/h6,9-18H,1,4,7-8H2,2-3,5H3;4-11H,1H2,2-3H3/b19-13+,21-14-,22-17+;. The van der Waals surface area contributed by atoms with E-state index in [2.05, 4.69) is 138 Å². The Hall–Kier alpha value is -3.90. The lowest BCUT2D eigenvalue weighted by atomic mass is 9.88. The lowest BCUT2D eigenvalue weighted by molar-refractivity contribution is 0.717. The van der Waals surface area contributed by atoms with Crippen molar-refractivity contribution in [2.24, 2.45) is 5.92 Å². The van der Waals surface area contributed by atoms with Crippen molar-refractivity contribution < 1.29 is 0 Å². The minimum atomic E-state index is 0.512. The zero-order chi connectivity index (χ0) is 27.9. The fourth-order valence-corrected chi connectivity index (χ4v) is 4.11. The minimum absolute atomic E-state index is 0.512. The Balaban J connectivity index is 0.000000279. The maximum absolute atomic E-state index is 3.94. The molecule has 0 aliphatic carbocycles. The van der Waals surface area contributed by atoms with Gasteiger partial charge in [-0.1, -0.05) is 161 Å². The van der Waals surface area contributed by atoms with E-state index in [0.717, 1.165) is 24.0 Å². The van der Waals surface area contributed by atoms with Crippen LogP contribution in [0.1, 0.15) is 57.2 Å². The minimum Gasteiger partial charge on any atom is -0.0990 e. The van der Waals surface area contributed by atoms with E-state index in [9.17, 15) is 0 Å². The van der Waals surface area contributed by atoms with E-state index in [4.69, 9.17) is 0 Å². The van der Waals surface area contributed by atoms with Gasteiger partial charge in [-0.05, 0) is 71.6 Å². The van der Waals surface area contributed by atoms with Crippen molar-refractivity contribution in [3.05, 3.63) is 157 Å². The molecule has 0 radical (unpaired) electrons. The Morgan fingerprint density at radius 1 is 0.789 bits per heavy atom. The Morgan fingerprint density at radius 2 is 1.37 bits per heavy atom. The quantitative estimate of drug-likeness (QED) is 0.243. The number of hydrogen-bond acceptors (Lipinski definition) is 0. The van der Waals surface area contributed by atoms with Crippen LogP contribution in [0.4, 0.5) is 0 Å². The third-order valence-electron chi connectivity index (χ3n) is 6.60. The molecule has 0 aliphatic rings. The van der Waals surface area contributed by atoms with E-state index < -0.39 is 0 Å². The lowest BCUT2D eigenvalue weighted by Gasteiger charge is -2.16. The number of benzene rings is 3. The summed E-state index contributed by atoms with van der Waals surface area (Å²) in [6, 6.07) is 27.8. The van der Waals surface area contributed by atoms with Gasteiger partial charge in [0.05, 0.1) is 0 Å². The summed E-state index contributed by atoms with van der Waals surface area (Å²) in [5.74, 6) is 0.512. The zero-order valence-corrected chi connectivity index (χ0v) is 24.0. The van der Waals surface area contributed by atoms with Gasteiger partial charge in [-0.3, -0.25) is 0 Å². The molecule has 1 unspecified atom stereocenters. The Kier molecular flexibility index (Phi) is 12.8. The molecule has 0 heterocycles. The van der Waals surface area contributed by atoms with Crippen molar-refractivity contribution in [2.45, 2.75) is 47.5 Å². The topological polar surface area (TPSA) is 0 Å².